The highest BCUT2D eigenvalue weighted by atomic mass is 16.1. The maximum Gasteiger partial charge on any atom is 0.251 e. The zero-order valence-electron chi connectivity index (χ0n) is 17.1. The number of hydrogen-bond donors (Lipinski definition) is 1. The zero-order chi connectivity index (χ0) is 19.8. The van der Waals surface area contributed by atoms with Crippen LogP contribution >= 0.6 is 0 Å². The molecule has 4 heterocycles. The summed E-state index contributed by atoms with van der Waals surface area (Å²) in [6, 6.07) is 4.76. The Bertz CT molecular complexity index is 1010. The summed E-state index contributed by atoms with van der Waals surface area (Å²) in [5.41, 5.74) is 5.01. The highest BCUT2D eigenvalue weighted by Gasteiger charge is 2.28. The van der Waals surface area contributed by atoms with E-state index >= 15 is 0 Å². The van der Waals surface area contributed by atoms with Crippen molar-refractivity contribution in [3.8, 4) is 0 Å². The van der Waals surface area contributed by atoms with E-state index in [-0.39, 0.29) is 5.56 Å². The minimum absolute atomic E-state index is 0.00150. The first-order valence-corrected chi connectivity index (χ1v) is 10.8. The van der Waals surface area contributed by atoms with Gasteiger partial charge >= 0.3 is 0 Å². The fourth-order valence-electron chi connectivity index (χ4n) is 4.35. The van der Waals surface area contributed by atoms with Crippen molar-refractivity contribution in [2.45, 2.75) is 38.8 Å². The van der Waals surface area contributed by atoms with Gasteiger partial charge in [0.25, 0.3) is 5.56 Å². The van der Waals surface area contributed by atoms with E-state index in [1.54, 1.807) is 0 Å². The van der Waals surface area contributed by atoms with Crippen LogP contribution in [0.2, 0.25) is 0 Å². The highest BCUT2D eigenvalue weighted by Crippen LogP contribution is 2.29. The average Bonchev–Trinajstić information content (AvgIpc) is 3.59. The molecule has 5 rings (SSSR count). The minimum atomic E-state index is 0.00150. The van der Waals surface area contributed by atoms with Crippen molar-refractivity contribution in [2.24, 2.45) is 0 Å². The molecule has 2 aromatic heterocycles. The Balaban J connectivity index is 1.22. The third kappa shape index (κ3) is 3.94. The molecule has 0 aromatic carbocycles. The number of H-pyrrole nitrogens is 1. The molecule has 3 aliphatic rings. The van der Waals surface area contributed by atoms with E-state index in [9.17, 15) is 4.79 Å². The van der Waals surface area contributed by atoms with Crippen molar-refractivity contribution in [3.05, 3.63) is 63.9 Å². The summed E-state index contributed by atoms with van der Waals surface area (Å²) in [7, 11) is 0. The van der Waals surface area contributed by atoms with E-state index in [4.69, 9.17) is 0 Å². The molecule has 0 radical (unpaired) electrons. The fraction of sp³-hybridized carbons (Fsp3) is 0.478. The van der Waals surface area contributed by atoms with Gasteiger partial charge in [-0.3, -0.25) is 14.7 Å². The van der Waals surface area contributed by atoms with Crippen molar-refractivity contribution in [1.82, 2.24) is 24.7 Å². The molecule has 152 valence electrons. The Morgan fingerprint density at radius 1 is 1.17 bits per heavy atom. The predicted molar refractivity (Wildman–Crippen MR) is 116 cm³/mol. The van der Waals surface area contributed by atoms with Crippen molar-refractivity contribution < 1.29 is 0 Å². The number of aryl methyl sites for hydroxylation is 1. The highest BCUT2D eigenvalue weighted by molar-refractivity contribution is 5.74. The maximum absolute atomic E-state index is 12.1. The molecule has 1 saturated heterocycles. The number of aromatic nitrogens is 2. The average molecular weight is 392 g/mol. The molecular weight excluding hydrogens is 362 g/mol. The first-order valence-electron chi connectivity index (χ1n) is 10.8. The standard InChI is InChI=1S/C23H29N5O/c1-2-18-13-21-22(25-23(18)29)12-17(14-24-21)15-26-8-10-27(11-9-26)20-4-3-7-28(16-20)19-5-6-19/h3-4,12-14,16,19H,2,5-11,15H2,1H3,(H,25,29). The topological polar surface area (TPSA) is 55.5 Å². The first-order chi connectivity index (χ1) is 14.2. The number of piperazine rings is 1. The Hall–Kier alpha value is -2.60. The zero-order valence-corrected chi connectivity index (χ0v) is 17.1. The normalized spacial score (nSPS) is 20.4. The number of aromatic amines is 1. The molecule has 6 nitrogen and oxygen atoms in total. The van der Waals surface area contributed by atoms with E-state index < -0.39 is 0 Å². The van der Waals surface area contributed by atoms with E-state index in [2.05, 4.69) is 49.1 Å². The Morgan fingerprint density at radius 2 is 2.00 bits per heavy atom. The number of allylic oxidation sites excluding steroid dienone is 1. The summed E-state index contributed by atoms with van der Waals surface area (Å²) in [6.45, 7) is 8.10. The van der Waals surface area contributed by atoms with E-state index in [0.717, 1.165) is 73.9 Å². The maximum atomic E-state index is 12.1. The molecule has 0 unspecified atom stereocenters. The second kappa shape index (κ2) is 7.67. The lowest BCUT2D eigenvalue weighted by Gasteiger charge is -2.38. The lowest BCUT2D eigenvalue weighted by Crippen LogP contribution is -2.45. The molecule has 0 amide bonds. The van der Waals surface area contributed by atoms with Crippen molar-refractivity contribution in [3.63, 3.8) is 0 Å². The van der Waals surface area contributed by atoms with Crippen LogP contribution in [0.1, 0.15) is 30.9 Å². The van der Waals surface area contributed by atoms with Crippen LogP contribution < -0.4 is 5.56 Å². The fourth-order valence-corrected chi connectivity index (χ4v) is 4.35. The summed E-state index contributed by atoms with van der Waals surface area (Å²) in [5.74, 6) is 0. The Morgan fingerprint density at radius 3 is 2.76 bits per heavy atom. The van der Waals surface area contributed by atoms with Crippen LogP contribution in [0.25, 0.3) is 11.0 Å². The number of pyridine rings is 2. The van der Waals surface area contributed by atoms with Gasteiger partial charge in [-0.05, 0) is 43.0 Å². The van der Waals surface area contributed by atoms with Crippen LogP contribution in [0.15, 0.2) is 47.2 Å². The predicted octanol–water partition coefficient (Wildman–Crippen LogP) is 2.48. The van der Waals surface area contributed by atoms with Crippen molar-refractivity contribution >= 4 is 11.0 Å². The number of rotatable bonds is 5. The van der Waals surface area contributed by atoms with Gasteiger partial charge in [0.2, 0.25) is 0 Å². The molecule has 2 fully saturated rings. The molecule has 0 atom stereocenters. The summed E-state index contributed by atoms with van der Waals surface area (Å²) < 4.78 is 0. The van der Waals surface area contributed by atoms with Gasteiger partial charge < -0.3 is 14.8 Å². The van der Waals surface area contributed by atoms with Gasteiger partial charge in [-0.1, -0.05) is 13.0 Å². The van der Waals surface area contributed by atoms with Gasteiger partial charge in [0.05, 0.1) is 16.7 Å². The van der Waals surface area contributed by atoms with Gasteiger partial charge in [0.15, 0.2) is 0 Å². The quantitative estimate of drug-likeness (QED) is 0.849. The Labute approximate surface area is 171 Å². The third-order valence-corrected chi connectivity index (χ3v) is 6.27. The van der Waals surface area contributed by atoms with Crippen molar-refractivity contribution in [2.75, 3.05) is 32.7 Å². The minimum Gasteiger partial charge on any atom is -0.369 e. The molecule has 1 aliphatic carbocycles. The smallest absolute Gasteiger partial charge is 0.251 e. The van der Waals surface area contributed by atoms with E-state index in [1.165, 1.54) is 18.5 Å². The van der Waals surface area contributed by atoms with Crippen LogP contribution in [-0.4, -0.2) is 63.4 Å². The van der Waals surface area contributed by atoms with Crippen molar-refractivity contribution in [1.29, 1.82) is 0 Å². The number of fused-ring (bicyclic) bond motifs is 1. The van der Waals surface area contributed by atoms with E-state index in [0.29, 0.717) is 0 Å². The molecule has 6 heteroatoms. The molecule has 0 spiro atoms. The van der Waals surface area contributed by atoms with Crippen LogP contribution in [-0.2, 0) is 13.0 Å². The summed E-state index contributed by atoms with van der Waals surface area (Å²) in [5, 5.41) is 0. The Kier molecular flexibility index (Phi) is 4.87. The summed E-state index contributed by atoms with van der Waals surface area (Å²) in [6.07, 6.45) is 12.3. The first kappa shape index (κ1) is 18.4. The molecule has 2 aromatic rings. The third-order valence-electron chi connectivity index (χ3n) is 6.27. The second-order valence-electron chi connectivity index (χ2n) is 8.40. The number of nitrogens with zero attached hydrogens (tertiary/aromatic N) is 4. The largest absolute Gasteiger partial charge is 0.369 e. The van der Waals surface area contributed by atoms with Gasteiger partial charge in [-0.25, -0.2) is 0 Å². The van der Waals surface area contributed by atoms with Gasteiger partial charge in [0, 0.05) is 63.3 Å². The summed E-state index contributed by atoms with van der Waals surface area (Å²) in [4.78, 5) is 27.2. The van der Waals surface area contributed by atoms with Crippen LogP contribution in [0.5, 0.6) is 0 Å². The second-order valence-corrected chi connectivity index (χ2v) is 8.40. The van der Waals surface area contributed by atoms with Gasteiger partial charge in [0.1, 0.15) is 0 Å². The van der Waals surface area contributed by atoms with Crippen LogP contribution in [0, 0.1) is 0 Å². The lowest BCUT2D eigenvalue weighted by molar-refractivity contribution is 0.153. The SMILES string of the molecule is CCc1cc2ncc(CN3CCN(C4=CN(C5CC5)CC=C4)CC3)cc2[nH]c1=O. The monoisotopic (exact) mass is 391 g/mol. The van der Waals surface area contributed by atoms with E-state index in [1.807, 2.05) is 19.2 Å². The number of nitrogens with one attached hydrogen (secondary N) is 1. The molecular formula is C23H29N5O. The molecule has 1 saturated carbocycles. The van der Waals surface area contributed by atoms with Crippen LogP contribution in [0.4, 0.5) is 0 Å². The molecule has 29 heavy (non-hydrogen) atoms. The van der Waals surface area contributed by atoms with Gasteiger partial charge in [-0.2, -0.15) is 0 Å². The lowest BCUT2D eigenvalue weighted by atomic mass is 10.1. The number of hydrogen-bond acceptors (Lipinski definition) is 5. The van der Waals surface area contributed by atoms with Crippen LogP contribution in [0.3, 0.4) is 0 Å². The summed E-state index contributed by atoms with van der Waals surface area (Å²) >= 11 is 0. The molecule has 2 aliphatic heterocycles. The van der Waals surface area contributed by atoms with Gasteiger partial charge in [-0.15, -0.1) is 0 Å². The molecule has 1 N–H and O–H groups in total. The molecule has 0 bridgehead atoms.